The zero-order valence-corrected chi connectivity index (χ0v) is 29.7. The van der Waals surface area contributed by atoms with Crippen LogP contribution >= 0.6 is 22.9 Å². The van der Waals surface area contributed by atoms with Crippen LogP contribution in [-0.2, 0) is 9.53 Å². The Morgan fingerprint density at radius 3 is 2.82 bits per heavy atom. The molecule has 11 nitrogen and oxygen atoms in total. The number of alkyl halides is 1. The maximum Gasteiger partial charge on any atom is 0.412 e. The van der Waals surface area contributed by atoms with Crippen LogP contribution in [0.15, 0.2) is 18.2 Å². The SMILES string of the molecule is CC(C)(C)OC(=O)Nc1sc2c(F)ccc(-c3c(Cl)cc4c(NCC5CNC(=O)C5)nc(OC[C@@]56CCCN5C[C@H](F)C6)nc4c3F)c2c1C#N. The summed E-state index contributed by atoms with van der Waals surface area (Å²) >= 11 is 7.62. The minimum absolute atomic E-state index is 0.00237. The zero-order chi connectivity index (χ0) is 36.2. The van der Waals surface area contributed by atoms with Gasteiger partial charge in [0.25, 0.3) is 0 Å². The number of hydrogen-bond acceptors (Lipinski definition) is 10. The molecule has 3 N–H and O–H groups in total. The molecule has 0 spiro atoms. The monoisotopic (exact) mass is 741 g/mol. The molecule has 16 heteroatoms. The largest absolute Gasteiger partial charge is 0.461 e. The van der Waals surface area contributed by atoms with Crippen LogP contribution in [0.4, 0.5) is 28.8 Å². The van der Waals surface area contributed by atoms with Gasteiger partial charge < -0.3 is 20.1 Å². The Kier molecular flexibility index (Phi) is 9.14. The van der Waals surface area contributed by atoms with E-state index in [1.165, 1.54) is 12.1 Å². The number of nitrogens with one attached hydrogen (secondary N) is 3. The lowest BCUT2D eigenvalue weighted by atomic mass is 9.95. The average Bonchev–Trinajstić information content (AvgIpc) is 3.81. The van der Waals surface area contributed by atoms with Crippen LogP contribution in [0.5, 0.6) is 6.01 Å². The van der Waals surface area contributed by atoms with Crippen LogP contribution in [0.25, 0.3) is 32.1 Å². The Morgan fingerprint density at radius 1 is 1.29 bits per heavy atom. The molecule has 2 aromatic carbocycles. The standard InChI is InChI=1S/C35H35ClF3N7O4S/c1-34(2,3)50-33(48)45-31-21(12-40)25-19(5-6-23(38)29(25)51-31)26-22(36)10-20-28(27(26)39)43-32(44-30(20)42-14-17-9-24(47)41-13-17)49-16-35-7-4-8-46(35)15-18(37)11-35/h5-6,10,17-18H,4,7-9,11,13-16H2,1-3H3,(H,41,47)(H,45,48)(H,42,43,44)/t17?,18-,35+/m1/s1. The van der Waals surface area contributed by atoms with Crippen LogP contribution in [0, 0.1) is 28.9 Å². The van der Waals surface area contributed by atoms with Gasteiger partial charge in [-0.15, -0.1) is 11.3 Å². The lowest BCUT2D eigenvalue weighted by Gasteiger charge is -2.30. The second kappa shape index (κ2) is 13.3. The molecule has 51 heavy (non-hydrogen) atoms. The van der Waals surface area contributed by atoms with Crippen molar-refractivity contribution >= 4 is 66.7 Å². The molecule has 0 aliphatic carbocycles. The van der Waals surface area contributed by atoms with Gasteiger partial charge >= 0.3 is 12.1 Å². The number of amides is 2. The van der Waals surface area contributed by atoms with E-state index >= 15 is 8.78 Å². The van der Waals surface area contributed by atoms with Gasteiger partial charge in [-0.25, -0.2) is 18.0 Å². The van der Waals surface area contributed by atoms with Gasteiger partial charge in [-0.3, -0.25) is 15.0 Å². The molecule has 268 valence electrons. The third-order valence-corrected chi connectivity index (χ3v) is 10.9. The van der Waals surface area contributed by atoms with Gasteiger partial charge in [0, 0.05) is 54.7 Å². The Morgan fingerprint density at radius 2 is 2.10 bits per heavy atom. The van der Waals surface area contributed by atoms with E-state index in [0.29, 0.717) is 32.5 Å². The average molecular weight is 742 g/mol. The third-order valence-electron chi connectivity index (χ3n) is 9.50. The minimum atomic E-state index is -0.976. The van der Waals surface area contributed by atoms with Crippen molar-refractivity contribution in [2.24, 2.45) is 5.92 Å². The molecule has 3 aliphatic heterocycles. The maximum absolute atomic E-state index is 17.0. The topological polar surface area (TPSA) is 142 Å². The molecular formula is C35H35ClF3N7O4S. The van der Waals surface area contributed by atoms with Crippen molar-refractivity contribution < 1.29 is 32.2 Å². The first-order valence-electron chi connectivity index (χ1n) is 16.6. The van der Waals surface area contributed by atoms with E-state index < -0.39 is 35.0 Å². The van der Waals surface area contributed by atoms with Crippen LogP contribution < -0.4 is 20.7 Å². The Balaban J connectivity index is 1.32. The van der Waals surface area contributed by atoms with E-state index in [0.717, 1.165) is 36.8 Å². The molecule has 3 aliphatic rings. The maximum atomic E-state index is 17.0. The Hall–Kier alpha value is -4.39. The Labute approximate surface area is 300 Å². The number of thiophene rings is 1. The highest BCUT2D eigenvalue weighted by atomic mass is 35.5. The van der Waals surface area contributed by atoms with Crippen molar-refractivity contribution in [2.75, 3.05) is 43.4 Å². The molecule has 7 rings (SSSR count). The lowest BCUT2D eigenvalue weighted by molar-refractivity contribution is -0.119. The number of anilines is 2. The molecule has 2 amide bonds. The smallest absolute Gasteiger partial charge is 0.412 e. The number of carbonyl (C=O) groups is 2. The van der Waals surface area contributed by atoms with Crippen LogP contribution in [0.3, 0.4) is 0 Å². The molecule has 0 saturated carbocycles. The molecule has 1 unspecified atom stereocenters. The minimum Gasteiger partial charge on any atom is -0.461 e. The predicted molar refractivity (Wildman–Crippen MR) is 188 cm³/mol. The van der Waals surface area contributed by atoms with Crippen molar-refractivity contribution in [1.29, 1.82) is 5.26 Å². The van der Waals surface area contributed by atoms with E-state index in [-0.39, 0.29) is 78.0 Å². The number of carbonyl (C=O) groups excluding carboxylic acids is 2. The summed E-state index contributed by atoms with van der Waals surface area (Å²) in [5.74, 6) is -1.45. The van der Waals surface area contributed by atoms with Gasteiger partial charge in [-0.2, -0.15) is 15.2 Å². The van der Waals surface area contributed by atoms with Crippen molar-refractivity contribution in [3.63, 3.8) is 0 Å². The van der Waals surface area contributed by atoms with Gasteiger partial charge in [0.15, 0.2) is 5.82 Å². The van der Waals surface area contributed by atoms with Crippen molar-refractivity contribution in [3.8, 4) is 23.2 Å². The first-order chi connectivity index (χ1) is 24.2. The molecule has 3 saturated heterocycles. The molecule has 4 aromatic rings. The number of halogens is 4. The molecule has 3 atom stereocenters. The summed E-state index contributed by atoms with van der Waals surface area (Å²) < 4.78 is 58.2. The fraction of sp³-hybridized carbons (Fsp3) is 0.457. The first-order valence-corrected chi connectivity index (χ1v) is 17.8. The van der Waals surface area contributed by atoms with Gasteiger partial charge in [0.2, 0.25) is 5.91 Å². The van der Waals surface area contributed by atoms with Crippen LogP contribution in [0.2, 0.25) is 5.02 Å². The normalized spacial score (nSPS) is 21.9. The summed E-state index contributed by atoms with van der Waals surface area (Å²) in [5, 5.41) is 19.0. The zero-order valence-electron chi connectivity index (χ0n) is 28.1. The van der Waals surface area contributed by atoms with Crippen molar-refractivity contribution in [3.05, 3.63) is 40.4 Å². The van der Waals surface area contributed by atoms with E-state index in [4.69, 9.17) is 21.1 Å². The van der Waals surface area contributed by atoms with Crippen molar-refractivity contribution in [1.82, 2.24) is 20.2 Å². The summed E-state index contributed by atoms with van der Waals surface area (Å²) in [6.45, 7) is 7.02. The molecule has 0 radical (unpaired) electrons. The van der Waals surface area contributed by atoms with Gasteiger partial charge in [-0.05, 0) is 57.9 Å². The number of aromatic nitrogens is 2. The summed E-state index contributed by atoms with van der Waals surface area (Å²) in [6, 6.07) is 5.82. The molecule has 0 bridgehead atoms. The summed E-state index contributed by atoms with van der Waals surface area (Å²) in [5.41, 5.74) is -1.64. The highest BCUT2D eigenvalue weighted by molar-refractivity contribution is 7.23. The third kappa shape index (κ3) is 6.72. The van der Waals surface area contributed by atoms with Crippen LogP contribution in [-0.4, -0.2) is 77.0 Å². The summed E-state index contributed by atoms with van der Waals surface area (Å²) in [4.78, 5) is 35.6. The molecular weight excluding hydrogens is 707 g/mol. The number of benzene rings is 2. The number of nitrogens with zero attached hydrogens (tertiary/aromatic N) is 4. The molecule has 3 fully saturated rings. The van der Waals surface area contributed by atoms with Gasteiger partial charge in [-0.1, -0.05) is 17.7 Å². The quantitative estimate of drug-likeness (QED) is 0.172. The fourth-order valence-corrected chi connectivity index (χ4v) is 8.65. The fourth-order valence-electron chi connectivity index (χ4n) is 7.29. The van der Waals surface area contributed by atoms with E-state index in [1.807, 2.05) is 6.07 Å². The Bertz CT molecular complexity index is 2120. The van der Waals surface area contributed by atoms with Crippen LogP contribution in [0.1, 0.15) is 52.0 Å². The highest BCUT2D eigenvalue weighted by Crippen LogP contribution is 2.47. The molecule has 5 heterocycles. The lowest BCUT2D eigenvalue weighted by Crippen LogP contribution is -2.43. The number of ether oxygens (including phenoxy) is 2. The van der Waals surface area contributed by atoms with Crippen molar-refractivity contribution in [2.45, 2.75) is 63.8 Å². The highest BCUT2D eigenvalue weighted by Gasteiger charge is 2.49. The number of rotatable bonds is 8. The summed E-state index contributed by atoms with van der Waals surface area (Å²) in [6.07, 6.45) is 0.460. The second-order valence-electron chi connectivity index (χ2n) is 14.3. The second-order valence-corrected chi connectivity index (χ2v) is 15.7. The van der Waals surface area contributed by atoms with E-state index in [1.54, 1.807) is 20.8 Å². The molecule has 2 aromatic heterocycles. The number of fused-ring (bicyclic) bond motifs is 3. The summed E-state index contributed by atoms with van der Waals surface area (Å²) in [7, 11) is 0. The van der Waals surface area contributed by atoms with E-state index in [2.05, 4.69) is 30.8 Å². The van der Waals surface area contributed by atoms with Gasteiger partial charge in [0.05, 0.1) is 20.8 Å². The first kappa shape index (κ1) is 35.0. The number of nitriles is 1. The van der Waals surface area contributed by atoms with Gasteiger partial charge in [0.1, 0.15) is 46.6 Å². The van der Waals surface area contributed by atoms with E-state index in [9.17, 15) is 19.2 Å². The number of hydrogen-bond donors (Lipinski definition) is 3. The predicted octanol–water partition coefficient (Wildman–Crippen LogP) is 7.16.